The lowest BCUT2D eigenvalue weighted by Gasteiger charge is -2.22. The summed E-state index contributed by atoms with van der Waals surface area (Å²) in [7, 11) is 0. The number of rotatable bonds is 18. The second-order valence-corrected chi connectivity index (χ2v) is 8.12. The summed E-state index contributed by atoms with van der Waals surface area (Å²) in [6, 6.07) is 10.2. The van der Waals surface area contributed by atoms with E-state index in [0.29, 0.717) is 19.5 Å². The second kappa shape index (κ2) is 17.1. The topological polar surface area (TPSA) is 63.4 Å². The van der Waals surface area contributed by atoms with Crippen molar-refractivity contribution in [1.29, 1.82) is 0 Å². The second-order valence-electron chi connectivity index (χ2n) is 8.12. The normalized spacial score (nSPS) is 10.8. The fraction of sp³-hybridized carbons (Fsp3) is 0.680. The number of amides is 2. The van der Waals surface area contributed by atoms with Gasteiger partial charge in [-0.1, -0.05) is 101 Å². The van der Waals surface area contributed by atoms with E-state index in [0.717, 1.165) is 19.3 Å². The third-order valence-corrected chi connectivity index (χ3v) is 5.49. The Kier molecular flexibility index (Phi) is 14.8. The molecule has 1 aromatic carbocycles. The Bertz CT molecular complexity index is 545. The van der Waals surface area contributed by atoms with Gasteiger partial charge in [0.05, 0.1) is 0 Å². The summed E-state index contributed by atoms with van der Waals surface area (Å²) in [5.41, 5.74) is 6.49. The number of carbonyl (C=O) groups excluding carboxylic acids is 2. The van der Waals surface area contributed by atoms with Crippen molar-refractivity contribution in [2.45, 2.75) is 96.8 Å². The predicted molar refractivity (Wildman–Crippen MR) is 122 cm³/mol. The first-order valence-corrected chi connectivity index (χ1v) is 11.7. The Labute approximate surface area is 178 Å². The monoisotopic (exact) mass is 402 g/mol. The molecule has 0 aliphatic carbocycles. The maximum Gasteiger partial charge on any atom is 0.222 e. The third kappa shape index (κ3) is 13.9. The highest BCUT2D eigenvalue weighted by atomic mass is 16.2. The third-order valence-electron chi connectivity index (χ3n) is 5.49. The molecule has 0 radical (unpaired) electrons. The summed E-state index contributed by atoms with van der Waals surface area (Å²) in [5.74, 6) is -0.199. The van der Waals surface area contributed by atoms with Gasteiger partial charge >= 0.3 is 0 Å². The lowest BCUT2D eigenvalue weighted by Crippen LogP contribution is -2.35. The van der Waals surface area contributed by atoms with E-state index in [1.165, 1.54) is 63.4 Å². The molecular formula is C25H42N2O2. The average Bonchev–Trinajstić information content (AvgIpc) is 2.72. The molecule has 2 amide bonds. The first-order chi connectivity index (χ1) is 14.1. The minimum Gasteiger partial charge on any atom is -0.370 e. The molecule has 1 aromatic rings. The maximum absolute atomic E-state index is 12.6. The molecule has 29 heavy (non-hydrogen) atoms. The van der Waals surface area contributed by atoms with Crippen molar-refractivity contribution in [3.05, 3.63) is 35.9 Å². The largest absolute Gasteiger partial charge is 0.370 e. The van der Waals surface area contributed by atoms with Crippen LogP contribution in [0.3, 0.4) is 0 Å². The van der Waals surface area contributed by atoms with E-state index in [1.807, 2.05) is 23.1 Å². The molecule has 0 atom stereocenters. The number of unbranched alkanes of at least 4 members (excludes halogenated alkanes) is 10. The molecule has 1 rings (SSSR count). The van der Waals surface area contributed by atoms with E-state index in [4.69, 9.17) is 5.73 Å². The Hall–Kier alpha value is -1.84. The minimum absolute atomic E-state index is 0.151. The highest BCUT2D eigenvalue weighted by molar-refractivity contribution is 5.78. The summed E-state index contributed by atoms with van der Waals surface area (Å²) >= 11 is 0. The summed E-state index contributed by atoms with van der Waals surface area (Å²) in [6.45, 7) is 3.33. The van der Waals surface area contributed by atoms with E-state index >= 15 is 0 Å². The Morgan fingerprint density at radius 3 is 1.86 bits per heavy atom. The first-order valence-electron chi connectivity index (χ1n) is 11.7. The van der Waals surface area contributed by atoms with Gasteiger partial charge in [-0.2, -0.15) is 0 Å². The van der Waals surface area contributed by atoms with Crippen LogP contribution < -0.4 is 5.73 Å². The van der Waals surface area contributed by atoms with Gasteiger partial charge in [0, 0.05) is 25.9 Å². The van der Waals surface area contributed by atoms with Crippen LogP contribution in [-0.4, -0.2) is 29.8 Å². The van der Waals surface area contributed by atoms with Crippen molar-refractivity contribution in [2.75, 3.05) is 13.1 Å². The molecule has 0 saturated heterocycles. The molecule has 0 saturated carbocycles. The Balaban J connectivity index is 2.18. The highest BCUT2D eigenvalue weighted by Crippen LogP contribution is 2.13. The number of nitrogens with zero attached hydrogens (tertiary/aromatic N) is 1. The van der Waals surface area contributed by atoms with E-state index in [9.17, 15) is 9.59 Å². The Morgan fingerprint density at radius 2 is 1.31 bits per heavy atom. The van der Waals surface area contributed by atoms with E-state index in [2.05, 4.69) is 19.1 Å². The zero-order valence-electron chi connectivity index (χ0n) is 18.5. The molecule has 0 unspecified atom stereocenters. The minimum atomic E-state index is -0.350. The van der Waals surface area contributed by atoms with Crippen molar-refractivity contribution < 1.29 is 9.59 Å². The molecule has 164 valence electrons. The van der Waals surface area contributed by atoms with Crippen LogP contribution in [0.2, 0.25) is 0 Å². The summed E-state index contributed by atoms with van der Waals surface area (Å²) in [4.78, 5) is 25.6. The quantitative estimate of drug-likeness (QED) is 0.323. The molecule has 0 bridgehead atoms. The van der Waals surface area contributed by atoms with Crippen LogP contribution in [0.1, 0.15) is 96.0 Å². The van der Waals surface area contributed by atoms with Crippen molar-refractivity contribution in [2.24, 2.45) is 5.73 Å². The number of nitrogens with two attached hydrogens (primary N) is 1. The molecular weight excluding hydrogens is 360 g/mol. The summed E-state index contributed by atoms with van der Waals surface area (Å²) in [5, 5.41) is 0. The summed E-state index contributed by atoms with van der Waals surface area (Å²) < 4.78 is 0. The zero-order chi connectivity index (χ0) is 21.2. The van der Waals surface area contributed by atoms with Crippen LogP contribution in [0.15, 0.2) is 30.3 Å². The van der Waals surface area contributed by atoms with Crippen LogP contribution in [0.25, 0.3) is 0 Å². The van der Waals surface area contributed by atoms with Crippen LogP contribution in [0.4, 0.5) is 0 Å². The van der Waals surface area contributed by atoms with Gasteiger partial charge in [0.15, 0.2) is 0 Å². The van der Waals surface area contributed by atoms with Gasteiger partial charge in [-0.25, -0.2) is 0 Å². The number of hydrogen-bond donors (Lipinski definition) is 1. The van der Waals surface area contributed by atoms with Gasteiger partial charge in [0.1, 0.15) is 0 Å². The molecule has 4 heteroatoms. The van der Waals surface area contributed by atoms with Gasteiger partial charge in [0.25, 0.3) is 0 Å². The highest BCUT2D eigenvalue weighted by Gasteiger charge is 2.14. The molecule has 0 aliphatic rings. The van der Waals surface area contributed by atoms with Gasteiger partial charge in [-0.3, -0.25) is 9.59 Å². The van der Waals surface area contributed by atoms with Crippen LogP contribution in [-0.2, 0) is 16.0 Å². The molecule has 0 fully saturated rings. The molecule has 2 N–H and O–H groups in total. The van der Waals surface area contributed by atoms with Gasteiger partial charge < -0.3 is 10.6 Å². The van der Waals surface area contributed by atoms with Crippen molar-refractivity contribution in [3.8, 4) is 0 Å². The van der Waals surface area contributed by atoms with Crippen molar-refractivity contribution in [3.63, 3.8) is 0 Å². The lowest BCUT2D eigenvalue weighted by molar-refractivity contribution is -0.131. The van der Waals surface area contributed by atoms with Crippen molar-refractivity contribution >= 4 is 11.8 Å². The van der Waals surface area contributed by atoms with Crippen LogP contribution >= 0.6 is 0 Å². The van der Waals surface area contributed by atoms with E-state index in [-0.39, 0.29) is 18.2 Å². The fourth-order valence-corrected chi connectivity index (χ4v) is 3.61. The smallest absolute Gasteiger partial charge is 0.222 e. The first kappa shape index (κ1) is 25.2. The molecule has 0 aromatic heterocycles. The molecule has 0 aliphatic heterocycles. The van der Waals surface area contributed by atoms with E-state index in [1.54, 1.807) is 0 Å². The number of carbonyl (C=O) groups is 2. The molecule has 0 spiro atoms. The van der Waals surface area contributed by atoms with Crippen LogP contribution in [0, 0.1) is 0 Å². The maximum atomic E-state index is 12.6. The van der Waals surface area contributed by atoms with E-state index < -0.39 is 0 Å². The summed E-state index contributed by atoms with van der Waals surface area (Å²) in [6.07, 6.45) is 15.7. The lowest BCUT2D eigenvalue weighted by atomic mass is 10.0. The number of primary amides is 1. The standard InChI is InChI=1S/C25H42N2O2/c1-2-3-4-5-6-7-8-9-10-11-15-18-25(29)27(22-20-24(26)28)21-19-23-16-13-12-14-17-23/h12-14,16-17H,2-11,15,18-22H2,1H3,(H2,26,28). The predicted octanol–water partition coefficient (Wildman–Crippen LogP) is 5.63. The van der Waals surface area contributed by atoms with Gasteiger partial charge in [0.2, 0.25) is 11.8 Å². The van der Waals surface area contributed by atoms with Crippen molar-refractivity contribution in [1.82, 2.24) is 4.90 Å². The molecule has 0 heterocycles. The molecule has 4 nitrogen and oxygen atoms in total. The average molecular weight is 403 g/mol. The zero-order valence-corrected chi connectivity index (χ0v) is 18.5. The fourth-order valence-electron chi connectivity index (χ4n) is 3.61. The van der Waals surface area contributed by atoms with Crippen LogP contribution in [0.5, 0.6) is 0 Å². The number of benzene rings is 1. The Morgan fingerprint density at radius 1 is 0.759 bits per heavy atom. The SMILES string of the molecule is CCCCCCCCCCCCCC(=O)N(CCC(N)=O)CCc1ccccc1. The van der Waals surface area contributed by atoms with Gasteiger partial charge in [-0.15, -0.1) is 0 Å². The number of hydrogen-bond acceptors (Lipinski definition) is 2. The van der Waals surface area contributed by atoms with Gasteiger partial charge in [-0.05, 0) is 18.4 Å².